The zero-order valence-corrected chi connectivity index (χ0v) is 12.4. The van der Waals surface area contributed by atoms with Crippen molar-refractivity contribution < 1.29 is 19.7 Å². The minimum Gasteiger partial charge on any atom is -0.497 e. The Kier molecular flexibility index (Phi) is 6.02. The van der Waals surface area contributed by atoms with E-state index >= 15 is 0 Å². The van der Waals surface area contributed by atoms with Crippen molar-refractivity contribution in [3.05, 3.63) is 29.8 Å². The molecular weight excluding hydrogens is 256 g/mol. The number of carbonyl (C=O) groups is 1. The van der Waals surface area contributed by atoms with E-state index in [1.54, 1.807) is 31.4 Å². The van der Waals surface area contributed by atoms with Gasteiger partial charge < -0.3 is 14.9 Å². The maximum absolute atomic E-state index is 11.5. The number of aliphatic hydroxyl groups is 1. The van der Waals surface area contributed by atoms with Gasteiger partial charge in [0, 0.05) is 0 Å². The molecule has 0 heterocycles. The summed E-state index contributed by atoms with van der Waals surface area (Å²) in [5.74, 6) is -1.05. The molecule has 112 valence electrons. The molecule has 0 spiro atoms. The fourth-order valence-electron chi connectivity index (χ4n) is 2.51. The third kappa shape index (κ3) is 3.51. The quantitative estimate of drug-likeness (QED) is 0.767. The zero-order valence-electron chi connectivity index (χ0n) is 12.4. The molecule has 1 aromatic rings. The fourth-order valence-corrected chi connectivity index (χ4v) is 2.51. The van der Waals surface area contributed by atoms with Crippen LogP contribution in [-0.2, 0) is 10.4 Å². The Bertz CT molecular complexity index is 427. The largest absolute Gasteiger partial charge is 0.497 e. The summed E-state index contributed by atoms with van der Waals surface area (Å²) in [6.45, 7) is 3.82. The van der Waals surface area contributed by atoms with E-state index in [9.17, 15) is 15.0 Å². The third-order valence-electron chi connectivity index (χ3n) is 3.85. The number of carboxylic acids is 1. The molecule has 0 radical (unpaired) electrons. The van der Waals surface area contributed by atoms with Crippen LogP contribution in [-0.4, -0.2) is 23.3 Å². The van der Waals surface area contributed by atoms with Crippen LogP contribution in [0.1, 0.15) is 45.1 Å². The normalized spacial score (nSPS) is 15.4. The number of aliphatic carboxylic acids is 1. The highest BCUT2D eigenvalue weighted by atomic mass is 16.5. The predicted molar refractivity (Wildman–Crippen MR) is 77.8 cm³/mol. The molecule has 0 bridgehead atoms. The second-order valence-corrected chi connectivity index (χ2v) is 5.04. The summed E-state index contributed by atoms with van der Waals surface area (Å²) in [5.41, 5.74) is -0.711. The SMILES string of the molecule is CCCCC(C(=O)O)C(O)(CC)c1ccc(OC)cc1. The standard InChI is InChI=1S/C16H24O4/c1-4-6-7-14(15(17)18)16(19,5-2)12-8-10-13(20-3)11-9-12/h8-11,14,19H,4-7H2,1-3H3,(H,17,18). The number of hydrogen-bond acceptors (Lipinski definition) is 3. The van der Waals surface area contributed by atoms with Gasteiger partial charge in [-0.25, -0.2) is 0 Å². The van der Waals surface area contributed by atoms with Gasteiger partial charge >= 0.3 is 5.97 Å². The number of rotatable bonds is 8. The Morgan fingerprint density at radius 2 is 1.90 bits per heavy atom. The lowest BCUT2D eigenvalue weighted by Crippen LogP contribution is -2.39. The molecule has 1 rings (SSSR count). The highest BCUT2D eigenvalue weighted by Gasteiger charge is 2.41. The van der Waals surface area contributed by atoms with Gasteiger partial charge in [-0.1, -0.05) is 38.8 Å². The summed E-state index contributed by atoms with van der Waals surface area (Å²) in [6.07, 6.45) is 2.53. The van der Waals surface area contributed by atoms with Gasteiger partial charge in [-0.2, -0.15) is 0 Å². The van der Waals surface area contributed by atoms with Crippen LogP contribution in [0.2, 0.25) is 0 Å². The van der Waals surface area contributed by atoms with Gasteiger partial charge in [0.2, 0.25) is 0 Å². The number of carboxylic acid groups (broad SMARTS) is 1. The molecule has 4 heteroatoms. The maximum Gasteiger partial charge on any atom is 0.309 e. The summed E-state index contributed by atoms with van der Waals surface area (Å²) in [5, 5.41) is 20.3. The van der Waals surface area contributed by atoms with E-state index in [1.165, 1.54) is 0 Å². The summed E-state index contributed by atoms with van der Waals surface area (Å²) in [7, 11) is 1.57. The molecule has 0 fully saturated rings. The zero-order chi connectivity index (χ0) is 15.2. The minimum absolute atomic E-state index is 0.361. The number of hydrogen-bond donors (Lipinski definition) is 2. The van der Waals surface area contributed by atoms with Crippen LogP contribution in [0.15, 0.2) is 24.3 Å². The first-order chi connectivity index (χ1) is 9.49. The van der Waals surface area contributed by atoms with Crippen LogP contribution in [0.4, 0.5) is 0 Å². The fraction of sp³-hybridized carbons (Fsp3) is 0.562. The molecule has 1 aromatic carbocycles. The molecule has 2 unspecified atom stereocenters. The third-order valence-corrected chi connectivity index (χ3v) is 3.85. The molecule has 4 nitrogen and oxygen atoms in total. The Balaban J connectivity index is 3.10. The molecule has 0 aliphatic heterocycles. The van der Waals surface area contributed by atoms with Gasteiger partial charge in [-0.05, 0) is 30.5 Å². The van der Waals surface area contributed by atoms with E-state index in [4.69, 9.17) is 4.74 Å². The van der Waals surface area contributed by atoms with Crippen LogP contribution in [0, 0.1) is 5.92 Å². The molecule has 0 aliphatic carbocycles. The average molecular weight is 280 g/mol. The van der Waals surface area contributed by atoms with Crippen molar-refractivity contribution in [3.8, 4) is 5.75 Å². The van der Waals surface area contributed by atoms with Crippen LogP contribution in [0.3, 0.4) is 0 Å². The van der Waals surface area contributed by atoms with Crippen molar-refractivity contribution >= 4 is 5.97 Å². The molecule has 0 saturated heterocycles. The van der Waals surface area contributed by atoms with Crippen molar-refractivity contribution in [3.63, 3.8) is 0 Å². The lowest BCUT2D eigenvalue weighted by molar-refractivity contribution is -0.154. The smallest absolute Gasteiger partial charge is 0.309 e. The van der Waals surface area contributed by atoms with Crippen LogP contribution >= 0.6 is 0 Å². The van der Waals surface area contributed by atoms with Gasteiger partial charge in [-0.3, -0.25) is 4.79 Å². The first-order valence-electron chi connectivity index (χ1n) is 7.09. The first kappa shape index (κ1) is 16.5. The first-order valence-corrected chi connectivity index (χ1v) is 7.09. The maximum atomic E-state index is 11.5. The molecule has 0 aliphatic rings. The Labute approximate surface area is 120 Å². The lowest BCUT2D eigenvalue weighted by Gasteiger charge is -2.33. The molecule has 0 aromatic heterocycles. The number of benzene rings is 1. The van der Waals surface area contributed by atoms with E-state index in [1.807, 2.05) is 13.8 Å². The van der Waals surface area contributed by atoms with E-state index in [-0.39, 0.29) is 0 Å². The number of unbranched alkanes of at least 4 members (excludes halogenated alkanes) is 1. The van der Waals surface area contributed by atoms with E-state index in [0.717, 1.165) is 12.8 Å². The molecule has 0 amide bonds. The van der Waals surface area contributed by atoms with Crippen molar-refractivity contribution in [1.29, 1.82) is 0 Å². The Morgan fingerprint density at radius 3 is 2.30 bits per heavy atom. The Hall–Kier alpha value is -1.55. The van der Waals surface area contributed by atoms with E-state index < -0.39 is 17.5 Å². The second kappa shape index (κ2) is 7.29. The monoisotopic (exact) mass is 280 g/mol. The molecule has 0 saturated carbocycles. The van der Waals surface area contributed by atoms with Crippen LogP contribution in [0.25, 0.3) is 0 Å². The van der Waals surface area contributed by atoms with Crippen LogP contribution in [0.5, 0.6) is 5.75 Å². The van der Waals surface area contributed by atoms with Crippen molar-refractivity contribution in [2.75, 3.05) is 7.11 Å². The average Bonchev–Trinajstić information content (AvgIpc) is 2.47. The minimum atomic E-state index is -1.34. The van der Waals surface area contributed by atoms with Gasteiger partial charge in [0.15, 0.2) is 0 Å². The van der Waals surface area contributed by atoms with Gasteiger partial charge in [-0.15, -0.1) is 0 Å². The molecule has 20 heavy (non-hydrogen) atoms. The van der Waals surface area contributed by atoms with Gasteiger partial charge in [0.1, 0.15) is 11.4 Å². The summed E-state index contributed by atoms with van der Waals surface area (Å²) in [6, 6.07) is 6.97. The van der Waals surface area contributed by atoms with Gasteiger partial charge in [0.05, 0.1) is 13.0 Å². The molecular formula is C16H24O4. The number of methoxy groups -OCH3 is 1. The highest BCUT2D eigenvalue weighted by molar-refractivity contribution is 5.72. The second-order valence-electron chi connectivity index (χ2n) is 5.04. The highest BCUT2D eigenvalue weighted by Crippen LogP contribution is 2.37. The lowest BCUT2D eigenvalue weighted by atomic mass is 9.77. The van der Waals surface area contributed by atoms with Crippen molar-refractivity contribution in [1.82, 2.24) is 0 Å². The topological polar surface area (TPSA) is 66.8 Å². The summed E-state index contributed by atoms with van der Waals surface area (Å²) < 4.78 is 5.09. The molecule has 2 N–H and O–H groups in total. The van der Waals surface area contributed by atoms with Crippen molar-refractivity contribution in [2.24, 2.45) is 5.92 Å². The Morgan fingerprint density at radius 1 is 1.30 bits per heavy atom. The number of ether oxygens (including phenoxy) is 1. The van der Waals surface area contributed by atoms with Gasteiger partial charge in [0.25, 0.3) is 0 Å². The van der Waals surface area contributed by atoms with Crippen molar-refractivity contribution in [2.45, 2.75) is 45.1 Å². The van der Waals surface area contributed by atoms with E-state index in [0.29, 0.717) is 24.2 Å². The van der Waals surface area contributed by atoms with E-state index in [2.05, 4.69) is 0 Å². The van der Waals surface area contributed by atoms with Crippen LogP contribution < -0.4 is 4.74 Å². The summed E-state index contributed by atoms with van der Waals surface area (Å²) >= 11 is 0. The summed E-state index contributed by atoms with van der Waals surface area (Å²) in [4.78, 5) is 11.5. The molecule has 2 atom stereocenters. The predicted octanol–water partition coefficient (Wildman–Crippen LogP) is 3.18.